The van der Waals surface area contributed by atoms with Crippen molar-refractivity contribution in [1.82, 2.24) is 4.98 Å². The number of thioether (sulfide) groups is 1. The number of aromatic nitrogens is 1. The van der Waals surface area contributed by atoms with Crippen LogP contribution in [0.3, 0.4) is 0 Å². The summed E-state index contributed by atoms with van der Waals surface area (Å²) in [5, 5.41) is 3.41. The summed E-state index contributed by atoms with van der Waals surface area (Å²) in [6, 6.07) is 9.69. The van der Waals surface area contributed by atoms with Gasteiger partial charge in [0.2, 0.25) is 0 Å². The highest BCUT2D eigenvalue weighted by Crippen LogP contribution is 2.29. The summed E-state index contributed by atoms with van der Waals surface area (Å²) < 4.78 is 13.2. The average molecular weight is 276 g/mol. The van der Waals surface area contributed by atoms with E-state index in [1.807, 2.05) is 25.1 Å². The maximum absolute atomic E-state index is 13.2. The molecule has 0 aliphatic rings. The Labute approximate surface area is 117 Å². The average Bonchev–Trinajstić information content (AvgIpc) is 2.41. The quantitative estimate of drug-likeness (QED) is 0.814. The predicted molar refractivity (Wildman–Crippen MR) is 79.1 cm³/mol. The largest absolute Gasteiger partial charge is 0.378 e. The highest BCUT2D eigenvalue weighted by atomic mass is 32.2. The summed E-state index contributed by atoms with van der Waals surface area (Å²) in [5.74, 6) is 0.719. The lowest BCUT2D eigenvalue weighted by Gasteiger charge is -2.17. The third-order valence-corrected chi connectivity index (χ3v) is 3.74. The first kappa shape index (κ1) is 13.9. The second-order valence-corrected chi connectivity index (χ2v) is 5.54. The highest BCUT2D eigenvalue weighted by Gasteiger charge is 2.09. The first-order valence-electron chi connectivity index (χ1n) is 6.29. The van der Waals surface area contributed by atoms with Crippen molar-refractivity contribution in [1.29, 1.82) is 0 Å². The Kier molecular flexibility index (Phi) is 4.80. The fourth-order valence-electron chi connectivity index (χ4n) is 1.85. The van der Waals surface area contributed by atoms with Crippen molar-refractivity contribution in [3.8, 4) is 0 Å². The number of para-hydroxylation sites is 1. The van der Waals surface area contributed by atoms with E-state index < -0.39 is 0 Å². The topological polar surface area (TPSA) is 24.9 Å². The number of pyridine rings is 1. The van der Waals surface area contributed by atoms with E-state index in [2.05, 4.69) is 23.3 Å². The number of hydrogen-bond acceptors (Lipinski definition) is 3. The molecule has 100 valence electrons. The fraction of sp³-hybridized carbons (Fsp3) is 0.267. The molecule has 1 N–H and O–H groups in total. The van der Waals surface area contributed by atoms with Crippen molar-refractivity contribution in [2.75, 3.05) is 11.1 Å². The summed E-state index contributed by atoms with van der Waals surface area (Å²) in [4.78, 5) is 5.09. The summed E-state index contributed by atoms with van der Waals surface area (Å²) >= 11 is 1.79. The first-order valence-corrected chi connectivity index (χ1v) is 7.28. The molecule has 0 aliphatic carbocycles. The van der Waals surface area contributed by atoms with Crippen LogP contribution >= 0.6 is 11.8 Å². The molecule has 0 spiro atoms. The van der Waals surface area contributed by atoms with Crippen LogP contribution in [0.4, 0.5) is 10.1 Å². The van der Waals surface area contributed by atoms with E-state index in [9.17, 15) is 4.39 Å². The van der Waals surface area contributed by atoms with Crippen molar-refractivity contribution in [3.63, 3.8) is 0 Å². The van der Waals surface area contributed by atoms with Gasteiger partial charge in [-0.25, -0.2) is 4.39 Å². The van der Waals surface area contributed by atoms with Gasteiger partial charge in [0.25, 0.3) is 0 Å². The Morgan fingerprint density at radius 3 is 2.84 bits per heavy atom. The van der Waals surface area contributed by atoms with Crippen LogP contribution in [-0.2, 0) is 0 Å². The van der Waals surface area contributed by atoms with Crippen LogP contribution in [-0.4, -0.2) is 10.7 Å². The minimum absolute atomic E-state index is 0.0156. The molecule has 2 nitrogen and oxygen atoms in total. The van der Waals surface area contributed by atoms with Crippen molar-refractivity contribution < 1.29 is 4.39 Å². The van der Waals surface area contributed by atoms with Crippen molar-refractivity contribution in [3.05, 3.63) is 54.1 Å². The van der Waals surface area contributed by atoms with Crippen LogP contribution in [0.15, 0.2) is 47.6 Å². The zero-order valence-corrected chi connectivity index (χ0v) is 11.9. The minimum atomic E-state index is -0.303. The van der Waals surface area contributed by atoms with Gasteiger partial charge in [-0.1, -0.05) is 19.1 Å². The lowest BCUT2D eigenvalue weighted by atomic mass is 10.1. The van der Waals surface area contributed by atoms with Crippen LogP contribution in [0.1, 0.15) is 25.5 Å². The molecule has 0 saturated carbocycles. The van der Waals surface area contributed by atoms with Gasteiger partial charge < -0.3 is 5.32 Å². The van der Waals surface area contributed by atoms with Gasteiger partial charge in [-0.2, -0.15) is 0 Å². The molecule has 0 bridgehead atoms. The standard InChI is InChI=1S/C15H17FN2S/c1-3-19-15-7-5-4-6-14(15)18-11(2)12-8-13(16)10-17-9-12/h4-11,18H,3H2,1-2H3. The van der Waals surface area contributed by atoms with Crippen LogP contribution in [0.2, 0.25) is 0 Å². The van der Waals surface area contributed by atoms with Crippen LogP contribution < -0.4 is 5.32 Å². The number of halogens is 1. The lowest BCUT2D eigenvalue weighted by molar-refractivity contribution is 0.616. The van der Waals surface area contributed by atoms with Gasteiger partial charge in [-0.05, 0) is 36.4 Å². The SMILES string of the molecule is CCSc1ccccc1NC(C)c1cncc(F)c1. The monoisotopic (exact) mass is 276 g/mol. The second kappa shape index (κ2) is 6.57. The number of nitrogens with zero attached hydrogens (tertiary/aromatic N) is 1. The summed E-state index contributed by atoms with van der Waals surface area (Å²) in [5.41, 5.74) is 1.92. The van der Waals surface area contributed by atoms with Crippen LogP contribution in [0, 0.1) is 5.82 Å². The molecule has 0 saturated heterocycles. The second-order valence-electron chi connectivity index (χ2n) is 4.23. The van der Waals surface area contributed by atoms with E-state index in [1.165, 1.54) is 17.2 Å². The third kappa shape index (κ3) is 3.70. The Balaban J connectivity index is 2.16. The molecule has 0 radical (unpaired) electrons. The van der Waals surface area contributed by atoms with Gasteiger partial charge in [0.1, 0.15) is 5.82 Å². The zero-order chi connectivity index (χ0) is 13.7. The maximum Gasteiger partial charge on any atom is 0.141 e. The van der Waals surface area contributed by atoms with E-state index in [1.54, 1.807) is 18.0 Å². The van der Waals surface area contributed by atoms with Gasteiger partial charge in [-0.15, -0.1) is 11.8 Å². The van der Waals surface area contributed by atoms with Crippen LogP contribution in [0.25, 0.3) is 0 Å². The molecule has 1 atom stereocenters. The van der Waals surface area contributed by atoms with E-state index in [-0.39, 0.29) is 11.9 Å². The van der Waals surface area contributed by atoms with E-state index in [0.717, 1.165) is 17.0 Å². The molecule has 1 heterocycles. The molecule has 0 aliphatic heterocycles. The van der Waals surface area contributed by atoms with Crippen molar-refractivity contribution >= 4 is 17.4 Å². The normalized spacial score (nSPS) is 12.2. The van der Waals surface area contributed by atoms with Gasteiger partial charge in [0, 0.05) is 16.8 Å². The van der Waals surface area contributed by atoms with E-state index >= 15 is 0 Å². The Bertz CT molecular complexity index is 545. The van der Waals surface area contributed by atoms with Gasteiger partial charge in [-0.3, -0.25) is 4.98 Å². The van der Waals surface area contributed by atoms with Crippen molar-refractivity contribution in [2.45, 2.75) is 24.8 Å². The molecule has 19 heavy (non-hydrogen) atoms. The number of hydrogen-bond donors (Lipinski definition) is 1. The number of anilines is 1. The molecule has 2 rings (SSSR count). The van der Waals surface area contributed by atoms with Gasteiger partial charge in [0.15, 0.2) is 0 Å². The summed E-state index contributed by atoms with van der Waals surface area (Å²) in [7, 11) is 0. The number of rotatable bonds is 5. The lowest BCUT2D eigenvalue weighted by Crippen LogP contribution is -2.08. The molecule has 0 fully saturated rings. The summed E-state index contributed by atoms with van der Waals surface area (Å²) in [6.07, 6.45) is 2.91. The molecule has 1 aromatic carbocycles. The Morgan fingerprint density at radius 1 is 1.32 bits per heavy atom. The molecular formula is C15H17FN2S. The van der Waals surface area contributed by atoms with Crippen molar-refractivity contribution in [2.24, 2.45) is 0 Å². The van der Waals surface area contributed by atoms with E-state index in [4.69, 9.17) is 0 Å². The molecule has 1 unspecified atom stereocenters. The van der Waals surface area contributed by atoms with E-state index in [0.29, 0.717) is 0 Å². The Morgan fingerprint density at radius 2 is 2.11 bits per heavy atom. The van der Waals surface area contributed by atoms with Gasteiger partial charge >= 0.3 is 0 Å². The minimum Gasteiger partial charge on any atom is -0.378 e. The highest BCUT2D eigenvalue weighted by molar-refractivity contribution is 7.99. The molecule has 0 amide bonds. The third-order valence-electron chi connectivity index (χ3n) is 2.78. The number of nitrogens with one attached hydrogen (secondary N) is 1. The summed E-state index contributed by atoms with van der Waals surface area (Å²) in [6.45, 7) is 4.13. The maximum atomic E-state index is 13.2. The fourth-order valence-corrected chi connectivity index (χ4v) is 2.62. The van der Waals surface area contributed by atoms with Gasteiger partial charge in [0.05, 0.1) is 12.2 Å². The number of benzene rings is 1. The zero-order valence-electron chi connectivity index (χ0n) is 11.1. The predicted octanol–water partition coefficient (Wildman–Crippen LogP) is 4.51. The smallest absolute Gasteiger partial charge is 0.141 e. The molecule has 4 heteroatoms. The molecule has 2 aromatic rings. The molecular weight excluding hydrogens is 259 g/mol. The Hall–Kier alpha value is -1.55. The first-order chi connectivity index (χ1) is 9.20. The molecule has 1 aromatic heterocycles. The van der Waals surface area contributed by atoms with Crippen LogP contribution in [0.5, 0.6) is 0 Å².